The second-order valence-corrected chi connectivity index (χ2v) is 5.89. The van der Waals surface area contributed by atoms with E-state index in [-0.39, 0.29) is 0 Å². The van der Waals surface area contributed by atoms with Crippen molar-refractivity contribution in [3.63, 3.8) is 0 Å². The number of likely N-dealkylation sites (tertiary alicyclic amines) is 1. The van der Waals surface area contributed by atoms with Crippen molar-refractivity contribution in [2.75, 3.05) is 13.1 Å². The summed E-state index contributed by atoms with van der Waals surface area (Å²) < 4.78 is 0. The van der Waals surface area contributed by atoms with Crippen molar-refractivity contribution < 1.29 is 0 Å². The van der Waals surface area contributed by atoms with Crippen molar-refractivity contribution in [3.05, 3.63) is 16.6 Å². The van der Waals surface area contributed by atoms with Gasteiger partial charge >= 0.3 is 0 Å². The van der Waals surface area contributed by atoms with Crippen LogP contribution in [0.25, 0.3) is 0 Å². The van der Waals surface area contributed by atoms with E-state index in [9.17, 15) is 0 Å². The van der Waals surface area contributed by atoms with Crippen molar-refractivity contribution in [2.45, 2.75) is 44.3 Å². The van der Waals surface area contributed by atoms with Gasteiger partial charge in [-0.1, -0.05) is 0 Å². The molecule has 0 radical (unpaired) electrons. The molecule has 0 spiro atoms. The summed E-state index contributed by atoms with van der Waals surface area (Å²) in [5.41, 5.74) is 0. The number of nitrogens with zero attached hydrogens (tertiary/aromatic N) is 2. The summed E-state index contributed by atoms with van der Waals surface area (Å²) in [6.45, 7) is 4.68. The number of rotatable bonds is 4. The summed E-state index contributed by atoms with van der Waals surface area (Å²) in [5, 5.41) is 7.05. The highest BCUT2D eigenvalue weighted by Gasteiger charge is 2.31. The Morgan fingerprint density at radius 3 is 3.00 bits per heavy atom. The smallest absolute Gasteiger partial charge is 0.109 e. The molecule has 3 rings (SSSR count). The summed E-state index contributed by atoms with van der Waals surface area (Å²) in [7, 11) is 0. The van der Waals surface area contributed by atoms with Gasteiger partial charge in [-0.25, -0.2) is 4.98 Å². The van der Waals surface area contributed by atoms with Crippen LogP contribution < -0.4 is 5.32 Å². The van der Waals surface area contributed by atoms with E-state index in [1.165, 1.54) is 37.4 Å². The first-order chi connectivity index (χ1) is 7.83. The van der Waals surface area contributed by atoms with Crippen LogP contribution in [-0.4, -0.2) is 35.1 Å². The van der Waals surface area contributed by atoms with Crippen LogP contribution in [0, 0.1) is 0 Å². The summed E-state index contributed by atoms with van der Waals surface area (Å²) in [4.78, 5) is 6.97. The second kappa shape index (κ2) is 4.43. The maximum atomic E-state index is 4.42. The Kier molecular flexibility index (Phi) is 2.96. The predicted octanol–water partition coefficient (Wildman–Crippen LogP) is 2.03. The van der Waals surface area contributed by atoms with E-state index >= 15 is 0 Å². The molecule has 2 atom stereocenters. The molecule has 88 valence electrons. The minimum Gasteiger partial charge on any atom is -0.310 e. The lowest BCUT2D eigenvalue weighted by atomic mass is 10.2. The summed E-state index contributed by atoms with van der Waals surface area (Å²) >= 11 is 1.77. The van der Waals surface area contributed by atoms with Crippen LogP contribution in [0.2, 0.25) is 0 Å². The number of nitrogens with one attached hydrogen (secondary N) is 1. The Hall–Kier alpha value is -0.450. The molecule has 1 aromatic rings. The Balaban J connectivity index is 1.56. The van der Waals surface area contributed by atoms with Crippen molar-refractivity contribution in [1.29, 1.82) is 0 Å². The zero-order valence-electron chi connectivity index (χ0n) is 9.72. The molecule has 0 amide bonds. The van der Waals surface area contributed by atoms with Gasteiger partial charge in [-0.2, -0.15) is 0 Å². The van der Waals surface area contributed by atoms with E-state index in [4.69, 9.17) is 0 Å². The predicted molar refractivity (Wildman–Crippen MR) is 66.7 cm³/mol. The van der Waals surface area contributed by atoms with Crippen LogP contribution >= 0.6 is 11.3 Å². The number of thiazole rings is 1. The molecular weight excluding hydrogens is 218 g/mol. The maximum absolute atomic E-state index is 4.42. The third-order valence-corrected chi connectivity index (χ3v) is 4.57. The zero-order valence-corrected chi connectivity index (χ0v) is 10.5. The Morgan fingerprint density at radius 2 is 2.31 bits per heavy atom. The lowest BCUT2D eigenvalue weighted by Crippen LogP contribution is -2.34. The van der Waals surface area contributed by atoms with Gasteiger partial charge in [0.15, 0.2) is 0 Å². The normalized spacial score (nSPS) is 28.4. The van der Waals surface area contributed by atoms with E-state index in [1.807, 2.05) is 6.20 Å². The fraction of sp³-hybridized carbons (Fsp3) is 0.750. The van der Waals surface area contributed by atoms with Gasteiger partial charge in [0.25, 0.3) is 0 Å². The van der Waals surface area contributed by atoms with Crippen molar-refractivity contribution in [1.82, 2.24) is 15.2 Å². The maximum Gasteiger partial charge on any atom is 0.109 e. The van der Waals surface area contributed by atoms with Gasteiger partial charge in [0.2, 0.25) is 0 Å². The highest BCUT2D eigenvalue weighted by Crippen LogP contribution is 2.27. The molecule has 1 aliphatic heterocycles. The Morgan fingerprint density at radius 1 is 1.44 bits per heavy atom. The molecule has 0 bridgehead atoms. The van der Waals surface area contributed by atoms with Gasteiger partial charge in [0, 0.05) is 36.8 Å². The zero-order chi connectivity index (χ0) is 11.0. The molecule has 1 saturated heterocycles. The SMILES string of the molecule is CC(c1nccs1)N1CCC(NC2CC2)C1. The van der Waals surface area contributed by atoms with Gasteiger partial charge in [0.1, 0.15) is 5.01 Å². The van der Waals surface area contributed by atoms with E-state index in [0.29, 0.717) is 6.04 Å². The molecular formula is C12H19N3S. The molecule has 1 aromatic heterocycles. The Bertz CT molecular complexity index is 334. The van der Waals surface area contributed by atoms with E-state index in [0.717, 1.165) is 12.1 Å². The van der Waals surface area contributed by atoms with Crippen molar-refractivity contribution >= 4 is 11.3 Å². The Labute approximate surface area is 101 Å². The number of hydrogen-bond acceptors (Lipinski definition) is 4. The second-order valence-electron chi connectivity index (χ2n) is 4.97. The summed E-state index contributed by atoms with van der Waals surface area (Å²) in [6, 6.07) is 2.04. The number of hydrogen-bond donors (Lipinski definition) is 1. The first-order valence-corrected chi connectivity index (χ1v) is 7.10. The minimum atomic E-state index is 0.492. The van der Waals surface area contributed by atoms with Crippen LogP contribution in [0.3, 0.4) is 0 Å². The van der Waals surface area contributed by atoms with Gasteiger partial charge in [-0.15, -0.1) is 11.3 Å². The van der Waals surface area contributed by atoms with Gasteiger partial charge < -0.3 is 5.32 Å². The average molecular weight is 237 g/mol. The average Bonchev–Trinajstić information content (AvgIpc) is 2.82. The molecule has 4 heteroatoms. The monoisotopic (exact) mass is 237 g/mol. The highest BCUT2D eigenvalue weighted by molar-refractivity contribution is 7.09. The lowest BCUT2D eigenvalue weighted by molar-refractivity contribution is 0.255. The minimum absolute atomic E-state index is 0.492. The van der Waals surface area contributed by atoms with Crippen LogP contribution in [0.15, 0.2) is 11.6 Å². The highest BCUT2D eigenvalue weighted by atomic mass is 32.1. The molecule has 3 nitrogen and oxygen atoms in total. The lowest BCUT2D eigenvalue weighted by Gasteiger charge is -2.22. The van der Waals surface area contributed by atoms with Crippen molar-refractivity contribution in [3.8, 4) is 0 Å². The summed E-state index contributed by atoms with van der Waals surface area (Å²) in [5.74, 6) is 0. The van der Waals surface area contributed by atoms with E-state index in [1.54, 1.807) is 11.3 Å². The molecule has 1 aliphatic carbocycles. The van der Waals surface area contributed by atoms with Crippen LogP contribution in [-0.2, 0) is 0 Å². The first kappa shape index (κ1) is 10.7. The third-order valence-electron chi connectivity index (χ3n) is 3.62. The largest absolute Gasteiger partial charge is 0.310 e. The molecule has 0 aromatic carbocycles. The van der Waals surface area contributed by atoms with Crippen molar-refractivity contribution in [2.24, 2.45) is 0 Å². The fourth-order valence-corrected chi connectivity index (χ4v) is 3.18. The topological polar surface area (TPSA) is 28.2 Å². The van der Waals surface area contributed by atoms with Gasteiger partial charge in [-0.3, -0.25) is 4.90 Å². The van der Waals surface area contributed by atoms with E-state index in [2.05, 4.69) is 27.5 Å². The molecule has 2 heterocycles. The standard InChI is InChI=1S/C12H19N3S/c1-9(12-13-5-7-16-12)15-6-4-11(8-15)14-10-2-3-10/h5,7,9-11,14H,2-4,6,8H2,1H3. The van der Waals surface area contributed by atoms with Crippen LogP contribution in [0.5, 0.6) is 0 Å². The molecule has 2 unspecified atom stereocenters. The quantitative estimate of drug-likeness (QED) is 0.868. The molecule has 16 heavy (non-hydrogen) atoms. The third kappa shape index (κ3) is 2.29. The molecule has 2 fully saturated rings. The fourth-order valence-electron chi connectivity index (χ4n) is 2.46. The van der Waals surface area contributed by atoms with Gasteiger partial charge in [0.05, 0.1) is 6.04 Å². The first-order valence-electron chi connectivity index (χ1n) is 6.22. The molecule has 1 N–H and O–H groups in total. The molecule has 1 saturated carbocycles. The summed E-state index contributed by atoms with van der Waals surface area (Å²) in [6.07, 6.45) is 5.98. The van der Waals surface area contributed by atoms with Gasteiger partial charge in [-0.05, 0) is 26.2 Å². The van der Waals surface area contributed by atoms with Crippen LogP contribution in [0.1, 0.15) is 37.2 Å². The molecule has 2 aliphatic rings. The number of aromatic nitrogens is 1. The van der Waals surface area contributed by atoms with Crippen LogP contribution in [0.4, 0.5) is 0 Å². The van der Waals surface area contributed by atoms with E-state index < -0.39 is 0 Å².